The number of aromatic nitrogens is 1. The SMILES string of the molecule is O=S(=O)(c1cccnc1)N(CC1CCCN1)C1CC1. The summed E-state index contributed by atoms with van der Waals surface area (Å²) in [5.74, 6) is 0. The number of hydrogen-bond donors (Lipinski definition) is 1. The lowest BCUT2D eigenvalue weighted by molar-refractivity contribution is 0.362. The van der Waals surface area contributed by atoms with Crippen LogP contribution in [0.4, 0.5) is 0 Å². The number of pyridine rings is 1. The summed E-state index contributed by atoms with van der Waals surface area (Å²) in [7, 11) is -3.39. The fourth-order valence-corrected chi connectivity index (χ4v) is 4.27. The van der Waals surface area contributed by atoms with Crippen molar-refractivity contribution in [2.24, 2.45) is 0 Å². The minimum absolute atomic E-state index is 0.188. The summed E-state index contributed by atoms with van der Waals surface area (Å²) in [5, 5.41) is 3.37. The normalized spacial score (nSPS) is 23.9. The van der Waals surface area contributed by atoms with Gasteiger partial charge in [0.15, 0.2) is 0 Å². The molecule has 1 unspecified atom stereocenters. The van der Waals surface area contributed by atoms with Crippen molar-refractivity contribution < 1.29 is 8.42 Å². The van der Waals surface area contributed by atoms with E-state index in [9.17, 15) is 8.42 Å². The van der Waals surface area contributed by atoms with E-state index in [2.05, 4.69) is 10.3 Å². The van der Waals surface area contributed by atoms with Crippen LogP contribution < -0.4 is 5.32 Å². The molecule has 1 atom stereocenters. The molecule has 2 fully saturated rings. The van der Waals surface area contributed by atoms with Crippen molar-refractivity contribution in [2.45, 2.75) is 42.7 Å². The molecule has 6 heteroatoms. The summed E-state index contributed by atoms with van der Waals surface area (Å²) in [6.07, 6.45) is 7.19. The predicted octanol–water partition coefficient (Wildman–Crippen LogP) is 0.987. The minimum atomic E-state index is -3.39. The zero-order chi connectivity index (χ0) is 13.3. The lowest BCUT2D eigenvalue weighted by Crippen LogP contribution is -2.42. The fraction of sp³-hybridized carbons (Fsp3) is 0.615. The van der Waals surface area contributed by atoms with Crippen LogP contribution in [0.15, 0.2) is 29.4 Å². The highest BCUT2D eigenvalue weighted by molar-refractivity contribution is 7.89. The van der Waals surface area contributed by atoms with E-state index in [1.807, 2.05) is 0 Å². The quantitative estimate of drug-likeness (QED) is 0.874. The molecule has 5 nitrogen and oxygen atoms in total. The lowest BCUT2D eigenvalue weighted by Gasteiger charge is -2.25. The first-order chi connectivity index (χ1) is 9.18. The molecule has 0 radical (unpaired) electrons. The van der Waals surface area contributed by atoms with Crippen molar-refractivity contribution in [3.8, 4) is 0 Å². The maximum absolute atomic E-state index is 12.7. The molecule has 1 aromatic rings. The van der Waals surface area contributed by atoms with Gasteiger partial charge in [0.05, 0.1) is 0 Å². The minimum Gasteiger partial charge on any atom is -0.313 e. The van der Waals surface area contributed by atoms with Gasteiger partial charge in [-0.3, -0.25) is 4.98 Å². The molecular formula is C13H19N3O2S. The van der Waals surface area contributed by atoms with Gasteiger partial charge in [-0.2, -0.15) is 4.31 Å². The summed E-state index contributed by atoms with van der Waals surface area (Å²) < 4.78 is 27.0. The molecule has 3 rings (SSSR count). The van der Waals surface area contributed by atoms with Crippen LogP contribution in [-0.2, 0) is 10.0 Å². The number of sulfonamides is 1. The molecule has 0 spiro atoms. The van der Waals surface area contributed by atoms with E-state index in [0.717, 1.165) is 32.2 Å². The Hall–Kier alpha value is -0.980. The van der Waals surface area contributed by atoms with Gasteiger partial charge in [-0.05, 0) is 44.4 Å². The second kappa shape index (κ2) is 5.19. The Morgan fingerprint density at radius 1 is 1.37 bits per heavy atom. The van der Waals surface area contributed by atoms with E-state index in [1.165, 1.54) is 6.20 Å². The van der Waals surface area contributed by atoms with Crippen molar-refractivity contribution in [1.29, 1.82) is 0 Å². The third-order valence-electron chi connectivity index (χ3n) is 3.76. The Kier molecular flexibility index (Phi) is 3.56. The van der Waals surface area contributed by atoms with Gasteiger partial charge in [-0.15, -0.1) is 0 Å². The maximum atomic E-state index is 12.7. The van der Waals surface area contributed by atoms with Gasteiger partial charge in [0.2, 0.25) is 10.0 Å². The van der Waals surface area contributed by atoms with Crippen LogP contribution in [0.3, 0.4) is 0 Å². The van der Waals surface area contributed by atoms with E-state index in [4.69, 9.17) is 0 Å². The van der Waals surface area contributed by atoms with E-state index in [1.54, 1.807) is 22.6 Å². The average Bonchev–Trinajstić information content (AvgIpc) is 3.13. The van der Waals surface area contributed by atoms with E-state index < -0.39 is 10.0 Å². The highest BCUT2D eigenvalue weighted by Crippen LogP contribution is 2.32. The molecule has 0 aromatic carbocycles. The molecule has 104 valence electrons. The van der Waals surface area contributed by atoms with Crippen LogP contribution in [0.5, 0.6) is 0 Å². The van der Waals surface area contributed by atoms with Crippen molar-refractivity contribution in [2.75, 3.05) is 13.1 Å². The van der Waals surface area contributed by atoms with Gasteiger partial charge in [-0.25, -0.2) is 8.42 Å². The molecule has 19 heavy (non-hydrogen) atoms. The van der Waals surface area contributed by atoms with Crippen LogP contribution in [0.25, 0.3) is 0 Å². The molecular weight excluding hydrogens is 262 g/mol. The second-order valence-electron chi connectivity index (χ2n) is 5.29. The summed E-state index contributed by atoms with van der Waals surface area (Å²) in [6, 6.07) is 3.78. The smallest absolute Gasteiger partial charge is 0.244 e. The molecule has 1 saturated heterocycles. The standard InChI is InChI=1S/C13H19N3O2S/c17-19(18,13-4-2-7-14-9-13)16(12-5-6-12)10-11-3-1-8-15-11/h2,4,7,9,11-12,15H,1,3,5-6,8,10H2. The molecule has 1 aromatic heterocycles. The molecule has 1 N–H and O–H groups in total. The van der Waals surface area contributed by atoms with Gasteiger partial charge in [0.1, 0.15) is 4.90 Å². The van der Waals surface area contributed by atoms with Crippen LogP contribution >= 0.6 is 0 Å². The van der Waals surface area contributed by atoms with Gasteiger partial charge < -0.3 is 5.32 Å². The zero-order valence-electron chi connectivity index (χ0n) is 10.8. The van der Waals surface area contributed by atoms with Crippen LogP contribution in [0, 0.1) is 0 Å². The van der Waals surface area contributed by atoms with E-state index in [-0.39, 0.29) is 6.04 Å². The predicted molar refractivity (Wildman–Crippen MR) is 72.2 cm³/mol. The van der Waals surface area contributed by atoms with Crippen LogP contribution in [0.2, 0.25) is 0 Å². The summed E-state index contributed by atoms with van der Waals surface area (Å²) >= 11 is 0. The van der Waals surface area contributed by atoms with E-state index >= 15 is 0 Å². The third kappa shape index (κ3) is 2.80. The zero-order valence-corrected chi connectivity index (χ0v) is 11.6. The summed E-state index contributed by atoms with van der Waals surface area (Å²) in [6.45, 7) is 1.58. The van der Waals surface area contributed by atoms with Gasteiger partial charge in [0.25, 0.3) is 0 Å². The number of hydrogen-bond acceptors (Lipinski definition) is 4. The van der Waals surface area contributed by atoms with Gasteiger partial charge in [-0.1, -0.05) is 0 Å². The first kappa shape index (κ1) is 13.0. The van der Waals surface area contributed by atoms with Gasteiger partial charge >= 0.3 is 0 Å². The first-order valence-corrected chi connectivity index (χ1v) is 8.27. The Morgan fingerprint density at radius 3 is 2.79 bits per heavy atom. The molecule has 1 aliphatic heterocycles. The van der Waals surface area contributed by atoms with Crippen LogP contribution in [-0.4, -0.2) is 42.9 Å². The monoisotopic (exact) mass is 281 g/mol. The number of rotatable bonds is 5. The second-order valence-corrected chi connectivity index (χ2v) is 7.18. The highest BCUT2D eigenvalue weighted by atomic mass is 32.2. The highest BCUT2D eigenvalue weighted by Gasteiger charge is 2.39. The number of nitrogens with zero attached hydrogens (tertiary/aromatic N) is 2. The van der Waals surface area contributed by atoms with Crippen molar-refractivity contribution >= 4 is 10.0 Å². The molecule has 1 aliphatic carbocycles. The van der Waals surface area contributed by atoms with Crippen molar-refractivity contribution in [3.05, 3.63) is 24.5 Å². The molecule has 2 heterocycles. The molecule has 0 amide bonds. The average molecular weight is 281 g/mol. The lowest BCUT2D eigenvalue weighted by atomic mass is 10.2. The number of nitrogens with one attached hydrogen (secondary N) is 1. The Bertz CT molecular complexity index is 522. The first-order valence-electron chi connectivity index (χ1n) is 6.83. The van der Waals surface area contributed by atoms with E-state index in [0.29, 0.717) is 17.5 Å². The molecule has 2 aliphatic rings. The fourth-order valence-electron chi connectivity index (χ4n) is 2.57. The Balaban J connectivity index is 1.82. The third-order valence-corrected chi connectivity index (χ3v) is 5.66. The topological polar surface area (TPSA) is 62.3 Å². The van der Waals surface area contributed by atoms with Crippen LogP contribution in [0.1, 0.15) is 25.7 Å². The summed E-state index contributed by atoms with van der Waals surface area (Å²) in [4.78, 5) is 4.23. The summed E-state index contributed by atoms with van der Waals surface area (Å²) in [5.41, 5.74) is 0. The maximum Gasteiger partial charge on any atom is 0.244 e. The molecule has 1 saturated carbocycles. The van der Waals surface area contributed by atoms with Crippen molar-refractivity contribution in [1.82, 2.24) is 14.6 Å². The Morgan fingerprint density at radius 2 is 2.21 bits per heavy atom. The van der Waals surface area contributed by atoms with Gasteiger partial charge in [0, 0.05) is 31.0 Å². The largest absolute Gasteiger partial charge is 0.313 e. The Labute approximate surface area is 114 Å². The van der Waals surface area contributed by atoms with Crippen molar-refractivity contribution in [3.63, 3.8) is 0 Å². The molecule has 0 bridgehead atoms.